The van der Waals surface area contributed by atoms with Gasteiger partial charge in [-0.25, -0.2) is 0 Å². The van der Waals surface area contributed by atoms with E-state index >= 15 is 0 Å². The highest BCUT2D eigenvalue weighted by Crippen LogP contribution is 2.29. The van der Waals surface area contributed by atoms with Crippen LogP contribution >= 0.6 is 0 Å². The van der Waals surface area contributed by atoms with Gasteiger partial charge in [0, 0.05) is 39.1 Å². The molecule has 0 aliphatic carbocycles. The number of benzene rings is 2. The van der Waals surface area contributed by atoms with Crippen LogP contribution in [0.25, 0.3) is 0 Å². The van der Waals surface area contributed by atoms with E-state index < -0.39 is 11.7 Å². The van der Waals surface area contributed by atoms with Crippen molar-refractivity contribution in [2.45, 2.75) is 25.7 Å². The first-order valence-electron chi connectivity index (χ1n) is 10.4. The molecule has 32 heavy (non-hydrogen) atoms. The summed E-state index contributed by atoms with van der Waals surface area (Å²) in [6.45, 7) is 4.98. The Morgan fingerprint density at radius 3 is 2.34 bits per heavy atom. The zero-order valence-electron chi connectivity index (χ0n) is 17.8. The third-order valence-electron chi connectivity index (χ3n) is 5.49. The molecular formula is C23H25F3N4O2. The second kappa shape index (κ2) is 9.70. The van der Waals surface area contributed by atoms with Crippen molar-refractivity contribution in [3.8, 4) is 5.75 Å². The first kappa shape index (κ1) is 22.3. The molecule has 0 saturated carbocycles. The van der Waals surface area contributed by atoms with Gasteiger partial charge in [0.1, 0.15) is 5.75 Å². The number of piperazine rings is 1. The predicted octanol–water partition coefficient (Wildman–Crippen LogP) is 4.01. The highest BCUT2D eigenvalue weighted by molar-refractivity contribution is 5.29. The summed E-state index contributed by atoms with van der Waals surface area (Å²) in [7, 11) is 1.67. The second-order valence-corrected chi connectivity index (χ2v) is 7.88. The monoisotopic (exact) mass is 446 g/mol. The number of nitrogens with zero attached hydrogens (tertiary/aromatic N) is 4. The molecule has 170 valence electrons. The van der Waals surface area contributed by atoms with Gasteiger partial charge in [-0.2, -0.15) is 18.2 Å². The van der Waals surface area contributed by atoms with Crippen molar-refractivity contribution in [1.82, 2.24) is 19.9 Å². The van der Waals surface area contributed by atoms with Crippen molar-refractivity contribution in [3.63, 3.8) is 0 Å². The number of hydrogen-bond donors (Lipinski definition) is 0. The smallest absolute Gasteiger partial charge is 0.416 e. The molecule has 0 radical (unpaired) electrons. The van der Waals surface area contributed by atoms with Crippen LogP contribution in [0.15, 0.2) is 53.1 Å². The predicted molar refractivity (Wildman–Crippen MR) is 112 cm³/mol. The first-order valence-corrected chi connectivity index (χ1v) is 10.4. The van der Waals surface area contributed by atoms with Gasteiger partial charge in [-0.3, -0.25) is 9.80 Å². The van der Waals surface area contributed by atoms with Gasteiger partial charge in [0.15, 0.2) is 5.82 Å². The lowest BCUT2D eigenvalue weighted by molar-refractivity contribution is -0.137. The molecule has 1 fully saturated rings. The Kier molecular flexibility index (Phi) is 6.76. The van der Waals surface area contributed by atoms with Crippen molar-refractivity contribution in [2.24, 2.45) is 0 Å². The summed E-state index contributed by atoms with van der Waals surface area (Å²) >= 11 is 0. The Morgan fingerprint density at radius 1 is 0.938 bits per heavy atom. The molecule has 0 amide bonds. The molecule has 3 aromatic rings. The maximum Gasteiger partial charge on any atom is 0.416 e. The molecule has 6 nitrogen and oxygen atoms in total. The molecule has 1 saturated heterocycles. The van der Waals surface area contributed by atoms with Crippen LogP contribution in [-0.2, 0) is 25.7 Å². The molecule has 1 aliphatic rings. The van der Waals surface area contributed by atoms with Gasteiger partial charge >= 0.3 is 6.18 Å². The van der Waals surface area contributed by atoms with E-state index in [2.05, 4.69) is 32.1 Å². The van der Waals surface area contributed by atoms with Crippen LogP contribution in [0.4, 0.5) is 13.2 Å². The zero-order valence-corrected chi connectivity index (χ0v) is 17.8. The maximum atomic E-state index is 12.9. The van der Waals surface area contributed by atoms with E-state index in [4.69, 9.17) is 9.26 Å². The minimum atomic E-state index is -4.37. The molecule has 0 atom stereocenters. The van der Waals surface area contributed by atoms with Crippen LogP contribution in [0.3, 0.4) is 0 Å². The average Bonchev–Trinajstić information content (AvgIpc) is 3.21. The molecule has 9 heteroatoms. The number of hydrogen-bond acceptors (Lipinski definition) is 6. The third kappa shape index (κ3) is 5.86. The standard InChI is InChI=1S/C23H25F3N4O2/c1-31-20-7-3-5-18(13-20)15-29-8-10-30(11-9-29)16-22-27-21(28-32-22)14-17-4-2-6-19(12-17)23(24,25)26/h2-7,12-13H,8-11,14-16H2,1H3. The van der Waals surface area contributed by atoms with E-state index in [-0.39, 0.29) is 6.42 Å². The maximum absolute atomic E-state index is 12.9. The SMILES string of the molecule is COc1cccc(CN2CCN(Cc3nc(Cc4cccc(C(F)(F)F)c4)no3)CC2)c1. The minimum absolute atomic E-state index is 0.196. The van der Waals surface area contributed by atoms with Crippen LogP contribution in [-0.4, -0.2) is 53.2 Å². The molecule has 2 aromatic carbocycles. The van der Waals surface area contributed by atoms with E-state index in [1.54, 1.807) is 13.2 Å². The van der Waals surface area contributed by atoms with Gasteiger partial charge in [-0.1, -0.05) is 35.5 Å². The molecule has 2 heterocycles. The number of ether oxygens (including phenoxy) is 1. The Labute approximate surface area is 184 Å². The van der Waals surface area contributed by atoms with Crippen molar-refractivity contribution in [3.05, 3.63) is 76.9 Å². The van der Waals surface area contributed by atoms with E-state index in [0.29, 0.717) is 23.8 Å². The summed E-state index contributed by atoms with van der Waals surface area (Å²) in [5.74, 6) is 1.72. The van der Waals surface area contributed by atoms with Gasteiger partial charge in [0.25, 0.3) is 0 Å². The number of rotatable bonds is 7. The summed E-state index contributed by atoms with van der Waals surface area (Å²) in [4.78, 5) is 9.00. The summed E-state index contributed by atoms with van der Waals surface area (Å²) in [6.07, 6.45) is -4.17. The topological polar surface area (TPSA) is 54.6 Å². The molecule has 0 unspecified atom stereocenters. The van der Waals surface area contributed by atoms with Gasteiger partial charge < -0.3 is 9.26 Å². The molecule has 4 rings (SSSR count). The largest absolute Gasteiger partial charge is 0.497 e. The van der Waals surface area contributed by atoms with E-state index in [1.807, 2.05) is 12.1 Å². The molecule has 1 aromatic heterocycles. The quantitative estimate of drug-likeness (QED) is 0.547. The Hall–Kier alpha value is -2.91. The van der Waals surface area contributed by atoms with E-state index in [9.17, 15) is 13.2 Å². The lowest BCUT2D eigenvalue weighted by atomic mass is 10.1. The van der Waals surface area contributed by atoms with Crippen molar-refractivity contribution in [2.75, 3.05) is 33.3 Å². The van der Waals surface area contributed by atoms with Crippen molar-refractivity contribution < 1.29 is 22.4 Å². The summed E-state index contributed by atoms with van der Waals surface area (Å²) in [5, 5.41) is 3.94. The number of alkyl halides is 3. The van der Waals surface area contributed by atoms with Crippen molar-refractivity contribution >= 4 is 0 Å². The number of aromatic nitrogens is 2. The molecule has 0 N–H and O–H groups in total. The first-order chi connectivity index (χ1) is 15.4. The van der Waals surface area contributed by atoms with Crippen LogP contribution in [0.2, 0.25) is 0 Å². The minimum Gasteiger partial charge on any atom is -0.497 e. The normalized spacial score (nSPS) is 15.8. The van der Waals surface area contributed by atoms with Gasteiger partial charge in [0.05, 0.1) is 19.2 Å². The molecule has 1 aliphatic heterocycles. The molecule has 0 bridgehead atoms. The van der Waals surface area contributed by atoms with Crippen LogP contribution < -0.4 is 4.74 Å². The zero-order chi connectivity index (χ0) is 22.6. The fourth-order valence-corrected chi connectivity index (χ4v) is 3.79. The summed E-state index contributed by atoms with van der Waals surface area (Å²) in [6, 6.07) is 13.3. The van der Waals surface area contributed by atoms with E-state index in [1.165, 1.54) is 11.6 Å². The van der Waals surface area contributed by atoms with Crippen LogP contribution in [0.1, 0.15) is 28.4 Å². The summed E-state index contributed by atoms with van der Waals surface area (Å²) in [5.41, 5.74) is 1.04. The van der Waals surface area contributed by atoms with Crippen molar-refractivity contribution in [1.29, 1.82) is 0 Å². The van der Waals surface area contributed by atoms with Crippen LogP contribution in [0.5, 0.6) is 5.75 Å². The highest BCUT2D eigenvalue weighted by atomic mass is 19.4. The Bertz CT molecular complexity index is 1030. The Balaban J connectivity index is 1.27. The average molecular weight is 446 g/mol. The number of halogens is 3. The lowest BCUT2D eigenvalue weighted by Gasteiger charge is -2.33. The summed E-state index contributed by atoms with van der Waals surface area (Å²) < 4.78 is 49.3. The van der Waals surface area contributed by atoms with Gasteiger partial charge in [0.2, 0.25) is 5.89 Å². The van der Waals surface area contributed by atoms with E-state index in [0.717, 1.165) is 50.6 Å². The second-order valence-electron chi connectivity index (χ2n) is 7.88. The fourth-order valence-electron chi connectivity index (χ4n) is 3.79. The third-order valence-corrected chi connectivity index (χ3v) is 5.49. The molecular weight excluding hydrogens is 421 g/mol. The fraction of sp³-hybridized carbons (Fsp3) is 0.391. The Morgan fingerprint density at radius 2 is 1.62 bits per heavy atom. The van der Waals surface area contributed by atoms with Crippen LogP contribution in [0, 0.1) is 0 Å². The lowest BCUT2D eigenvalue weighted by Crippen LogP contribution is -2.45. The van der Waals surface area contributed by atoms with Gasteiger partial charge in [-0.15, -0.1) is 0 Å². The number of methoxy groups -OCH3 is 1. The highest BCUT2D eigenvalue weighted by Gasteiger charge is 2.30. The molecule has 0 spiro atoms. The van der Waals surface area contributed by atoms with Gasteiger partial charge in [-0.05, 0) is 29.3 Å².